The molecule has 0 saturated heterocycles. The van der Waals surface area contributed by atoms with Gasteiger partial charge in [-0.05, 0) is 28.4 Å². The highest BCUT2D eigenvalue weighted by Crippen LogP contribution is 2.17. The monoisotopic (exact) mass is 275 g/mol. The summed E-state index contributed by atoms with van der Waals surface area (Å²) in [5, 5.41) is 11.1. The molecule has 1 aromatic heterocycles. The fraction of sp³-hybridized carbons (Fsp3) is 0.333. The van der Waals surface area contributed by atoms with Crippen LogP contribution in [0.15, 0.2) is 21.2 Å². The summed E-state index contributed by atoms with van der Waals surface area (Å²) in [6.45, 7) is 1.68. The molecule has 0 aliphatic carbocycles. The van der Waals surface area contributed by atoms with Crippen LogP contribution < -0.4 is 5.32 Å². The molecule has 1 amide bonds. The van der Waals surface area contributed by atoms with Crippen molar-refractivity contribution in [2.45, 2.75) is 19.4 Å². The van der Waals surface area contributed by atoms with E-state index in [1.165, 1.54) is 6.26 Å². The number of amides is 1. The van der Waals surface area contributed by atoms with Crippen molar-refractivity contribution in [1.29, 1.82) is 0 Å². The number of carboxylic acids is 1. The molecule has 15 heavy (non-hydrogen) atoms. The Bertz CT molecular complexity index is 374. The summed E-state index contributed by atoms with van der Waals surface area (Å²) in [5.41, 5.74) is 0. The normalized spacial score (nSPS) is 12.1. The van der Waals surface area contributed by atoms with E-state index in [1.54, 1.807) is 13.0 Å². The lowest BCUT2D eigenvalue weighted by atomic mass is 10.2. The smallest absolute Gasteiger partial charge is 0.326 e. The van der Waals surface area contributed by atoms with Gasteiger partial charge in [-0.15, -0.1) is 0 Å². The number of halogens is 1. The van der Waals surface area contributed by atoms with Gasteiger partial charge in [0.25, 0.3) is 5.91 Å². The van der Waals surface area contributed by atoms with Crippen LogP contribution >= 0.6 is 15.9 Å². The highest BCUT2D eigenvalue weighted by molar-refractivity contribution is 9.10. The number of rotatable bonds is 4. The molecule has 0 bridgehead atoms. The Morgan fingerprint density at radius 1 is 1.67 bits per heavy atom. The molecule has 0 aromatic carbocycles. The number of nitrogens with one attached hydrogen (secondary N) is 1. The lowest BCUT2D eigenvalue weighted by molar-refractivity contribution is -0.139. The van der Waals surface area contributed by atoms with Gasteiger partial charge in [-0.1, -0.05) is 6.92 Å². The largest absolute Gasteiger partial charge is 0.480 e. The van der Waals surface area contributed by atoms with Crippen molar-refractivity contribution in [3.8, 4) is 0 Å². The zero-order valence-electron chi connectivity index (χ0n) is 7.99. The number of carboxylic acid groups (broad SMARTS) is 1. The standard InChI is InChI=1S/C9H10BrNO4/c1-2-6(9(13)14)11-8(12)7-5(10)3-4-15-7/h3-4,6H,2H2,1H3,(H,11,12)(H,13,14). The lowest BCUT2D eigenvalue weighted by Crippen LogP contribution is -2.40. The quantitative estimate of drug-likeness (QED) is 0.876. The average Bonchev–Trinajstić information content (AvgIpc) is 2.60. The van der Waals surface area contributed by atoms with Crippen LogP contribution in [-0.4, -0.2) is 23.0 Å². The van der Waals surface area contributed by atoms with Crippen LogP contribution in [0.1, 0.15) is 23.9 Å². The number of carbonyl (C=O) groups is 2. The molecule has 1 heterocycles. The molecule has 1 unspecified atom stereocenters. The summed E-state index contributed by atoms with van der Waals surface area (Å²) < 4.78 is 5.40. The van der Waals surface area contributed by atoms with Crippen LogP contribution in [0, 0.1) is 0 Å². The van der Waals surface area contributed by atoms with Gasteiger partial charge in [0.15, 0.2) is 0 Å². The Balaban J connectivity index is 2.71. The van der Waals surface area contributed by atoms with Gasteiger partial charge >= 0.3 is 5.97 Å². The van der Waals surface area contributed by atoms with Gasteiger partial charge in [-0.3, -0.25) is 4.79 Å². The van der Waals surface area contributed by atoms with Crippen LogP contribution in [-0.2, 0) is 4.79 Å². The van der Waals surface area contributed by atoms with Crippen LogP contribution in [0.4, 0.5) is 0 Å². The minimum absolute atomic E-state index is 0.0784. The number of aliphatic carboxylic acids is 1. The first-order valence-electron chi connectivity index (χ1n) is 4.33. The average molecular weight is 276 g/mol. The third kappa shape index (κ3) is 2.82. The van der Waals surface area contributed by atoms with E-state index in [9.17, 15) is 9.59 Å². The summed E-state index contributed by atoms with van der Waals surface area (Å²) in [7, 11) is 0. The first-order valence-corrected chi connectivity index (χ1v) is 5.12. The predicted molar refractivity (Wildman–Crippen MR) is 55.6 cm³/mol. The number of carbonyl (C=O) groups excluding carboxylic acids is 1. The van der Waals surface area contributed by atoms with Gasteiger partial charge < -0.3 is 14.8 Å². The fourth-order valence-electron chi connectivity index (χ4n) is 1.02. The van der Waals surface area contributed by atoms with E-state index in [0.717, 1.165) is 0 Å². The third-order valence-corrected chi connectivity index (χ3v) is 2.46. The molecule has 0 spiro atoms. The molecule has 0 aliphatic rings. The molecule has 2 N–H and O–H groups in total. The Morgan fingerprint density at radius 2 is 2.33 bits per heavy atom. The minimum Gasteiger partial charge on any atom is -0.480 e. The van der Waals surface area contributed by atoms with E-state index >= 15 is 0 Å². The van der Waals surface area contributed by atoms with Crippen molar-refractivity contribution in [3.05, 3.63) is 22.6 Å². The molecule has 1 aromatic rings. The highest BCUT2D eigenvalue weighted by Gasteiger charge is 2.21. The van der Waals surface area contributed by atoms with Crippen molar-refractivity contribution in [3.63, 3.8) is 0 Å². The van der Waals surface area contributed by atoms with E-state index in [0.29, 0.717) is 10.9 Å². The summed E-state index contributed by atoms with van der Waals surface area (Å²) >= 11 is 3.11. The molecule has 6 heteroatoms. The SMILES string of the molecule is CCC(NC(=O)c1occc1Br)C(=O)O. The Hall–Kier alpha value is -1.30. The zero-order valence-corrected chi connectivity index (χ0v) is 9.58. The summed E-state index contributed by atoms with van der Waals surface area (Å²) in [5.74, 6) is -1.52. The number of hydrogen-bond acceptors (Lipinski definition) is 3. The molecule has 0 aliphatic heterocycles. The molecule has 82 valence electrons. The second kappa shape index (κ2) is 4.97. The van der Waals surface area contributed by atoms with Crippen molar-refractivity contribution < 1.29 is 19.1 Å². The molecule has 1 rings (SSSR count). The summed E-state index contributed by atoms with van der Waals surface area (Å²) in [6.07, 6.45) is 1.67. The highest BCUT2D eigenvalue weighted by atomic mass is 79.9. The van der Waals surface area contributed by atoms with E-state index in [4.69, 9.17) is 9.52 Å². The summed E-state index contributed by atoms with van der Waals surface area (Å²) in [6, 6.07) is 0.672. The second-order valence-corrected chi connectivity index (χ2v) is 3.72. The maximum atomic E-state index is 11.5. The van der Waals surface area contributed by atoms with Gasteiger partial charge in [-0.2, -0.15) is 0 Å². The molecule has 1 atom stereocenters. The van der Waals surface area contributed by atoms with E-state index in [1.807, 2.05) is 0 Å². The molecule has 0 fully saturated rings. The number of hydrogen-bond donors (Lipinski definition) is 2. The first kappa shape index (κ1) is 11.8. The van der Waals surface area contributed by atoms with Crippen molar-refractivity contribution in [2.24, 2.45) is 0 Å². The Kier molecular flexibility index (Phi) is 3.90. The first-order chi connectivity index (χ1) is 7.06. The van der Waals surface area contributed by atoms with Gasteiger partial charge in [0, 0.05) is 0 Å². The topological polar surface area (TPSA) is 79.5 Å². The maximum Gasteiger partial charge on any atom is 0.326 e. The molecular formula is C9H10BrNO4. The van der Waals surface area contributed by atoms with Gasteiger partial charge in [0.1, 0.15) is 6.04 Å². The van der Waals surface area contributed by atoms with Crippen molar-refractivity contribution in [1.82, 2.24) is 5.32 Å². The van der Waals surface area contributed by atoms with E-state index < -0.39 is 17.9 Å². The van der Waals surface area contributed by atoms with Crippen LogP contribution in [0.5, 0.6) is 0 Å². The van der Waals surface area contributed by atoms with Crippen LogP contribution in [0.25, 0.3) is 0 Å². The maximum absolute atomic E-state index is 11.5. The molecule has 0 saturated carbocycles. The van der Waals surface area contributed by atoms with Crippen molar-refractivity contribution in [2.75, 3.05) is 0 Å². The predicted octanol–water partition coefficient (Wildman–Crippen LogP) is 1.64. The van der Waals surface area contributed by atoms with Crippen LogP contribution in [0.3, 0.4) is 0 Å². The molecule has 0 radical (unpaired) electrons. The number of furan rings is 1. The molecular weight excluding hydrogens is 266 g/mol. The Labute approximate surface area is 94.6 Å². The second-order valence-electron chi connectivity index (χ2n) is 2.87. The Morgan fingerprint density at radius 3 is 2.73 bits per heavy atom. The van der Waals surface area contributed by atoms with Gasteiger partial charge in [0.2, 0.25) is 5.76 Å². The van der Waals surface area contributed by atoms with Gasteiger partial charge in [0.05, 0.1) is 10.7 Å². The van der Waals surface area contributed by atoms with E-state index in [-0.39, 0.29) is 5.76 Å². The lowest BCUT2D eigenvalue weighted by Gasteiger charge is -2.10. The minimum atomic E-state index is -1.06. The summed E-state index contributed by atoms with van der Waals surface area (Å²) in [4.78, 5) is 22.2. The third-order valence-electron chi connectivity index (χ3n) is 1.84. The van der Waals surface area contributed by atoms with E-state index in [2.05, 4.69) is 21.2 Å². The fourth-order valence-corrected chi connectivity index (χ4v) is 1.40. The molecule has 5 nitrogen and oxygen atoms in total. The van der Waals surface area contributed by atoms with Crippen molar-refractivity contribution >= 4 is 27.8 Å². The van der Waals surface area contributed by atoms with Crippen LogP contribution in [0.2, 0.25) is 0 Å². The zero-order chi connectivity index (χ0) is 11.4. The van der Waals surface area contributed by atoms with Gasteiger partial charge in [-0.25, -0.2) is 4.79 Å².